The minimum Gasteiger partial charge on any atom is -0.326 e. The maximum atomic E-state index is 13.0. The Hall–Kier alpha value is -3.29. The zero-order valence-corrected chi connectivity index (χ0v) is 23.3. The van der Waals surface area contributed by atoms with Gasteiger partial charge in [0.1, 0.15) is 0 Å². The number of sulfonamides is 1. The van der Waals surface area contributed by atoms with Crippen molar-refractivity contribution in [3.05, 3.63) is 101 Å². The summed E-state index contributed by atoms with van der Waals surface area (Å²) >= 11 is 0. The topological polar surface area (TPSA) is 83.6 Å². The standard InChI is InChI=1S/C31H36N2O4S/c1-22-8-10-23(11-9-22)21-38(36,37)33-18-16-25(17-19-33)30(35)32-28-7-5-6-26(20-28)29(34)24-12-14-27(15-13-24)31(2,3)4/h5-15,20,25H,16-19,21H2,1-4H3,(H,32,35). The number of piperidine rings is 1. The van der Waals surface area contributed by atoms with Gasteiger partial charge in [-0.05, 0) is 48.4 Å². The van der Waals surface area contributed by atoms with Gasteiger partial charge in [-0.1, -0.05) is 87.0 Å². The molecule has 3 aromatic carbocycles. The highest BCUT2D eigenvalue weighted by molar-refractivity contribution is 7.88. The molecule has 0 atom stereocenters. The summed E-state index contributed by atoms with van der Waals surface area (Å²) in [5.41, 5.74) is 4.67. The van der Waals surface area contributed by atoms with Crippen LogP contribution < -0.4 is 5.32 Å². The SMILES string of the molecule is Cc1ccc(CS(=O)(=O)N2CCC(C(=O)Nc3cccc(C(=O)c4ccc(C(C)(C)C)cc4)c3)CC2)cc1. The van der Waals surface area contributed by atoms with Gasteiger partial charge in [0.2, 0.25) is 15.9 Å². The van der Waals surface area contributed by atoms with Crippen molar-refractivity contribution in [2.45, 2.75) is 51.7 Å². The van der Waals surface area contributed by atoms with Crippen LogP contribution in [0.4, 0.5) is 5.69 Å². The summed E-state index contributed by atoms with van der Waals surface area (Å²) in [4.78, 5) is 26.0. The summed E-state index contributed by atoms with van der Waals surface area (Å²) in [6.07, 6.45) is 0.912. The number of anilines is 1. The molecule has 0 saturated carbocycles. The number of aryl methyl sites for hydroxylation is 1. The Labute approximate surface area is 226 Å². The van der Waals surface area contributed by atoms with Crippen LogP contribution in [-0.4, -0.2) is 37.5 Å². The lowest BCUT2D eigenvalue weighted by molar-refractivity contribution is -0.120. The van der Waals surface area contributed by atoms with Crippen molar-refractivity contribution in [2.75, 3.05) is 18.4 Å². The largest absolute Gasteiger partial charge is 0.326 e. The molecule has 0 aromatic heterocycles. The molecule has 4 rings (SSSR count). The molecule has 38 heavy (non-hydrogen) atoms. The zero-order chi connectivity index (χ0) is 27.5. The molecular formula is C31H36N2O4S. The lowest BCUT2D eigenvalue weighted by Gasteiger charge is -2.30. The van der Waals surface area contributed by atoms with E-state index in [1.807, 2.05) is 55.5 Å². The number of amides is 1. The predicted octanol–water partition coefficient (Wildman–Crippen LogP) is 5.70. The van der Waals surface area contributed by atoms with Gasteiger partial charge in [-0.25, -0.2) is 12.7 Å². The Kier molecular flexibility index (Phi) is 8.19. The minimum atomic E-state index is -3.45. The molecule has 0 spiro atoms. The fourth-order valence-electron chi connectivity index (χ4n) is 4.65. The van der Waals surface area contributed by atoms with Crippen LogP contribution in [0.15, 0.2) is 72.8 Å². The van der Waals surface area contributed by atoms with E-state index in [1.54, 1.807) is 24.3 Å². The predicted molar refractivity (Wildman–Crippen MR) is 152 cm³/mol. The molecule has 3 aromatic rings. The second kappa shape index (κ2) is 11.2. The number of benzene rings is 3. The van der Waals surface area contributed by atoms with Crippen molar-refractivity contribution in [1.29, 1.82) is 0 Å². The van der Waals surface area contributed by atoms with E-state index in [1.165, 1.54) is 4.31 Å². The second-order valence-corrected chi connectivity index (χ2v) is 13.1. The minimum absolute atomic E-state index is 0.00715. The number of nitrogens with one attached hydrogen (secondary N) is 1. The van der Waals surface area contributed by atoms with Gasteiger partial charge in [0, 0.05) is 35.8 Å². The van der Waals surface area contributed by atoms with E-state index in [9.17, 15) is 18.0 Å². The molecule has 1 saturated heterocycles. The van der Waals surface area contributed by atoms with Gasteiger partial charge in [-0.3, -0.25) is 9.59 Å². The van der Waals surface area contributed by atoms with Crippen molar-refractivity contribution in [3.63, 3.8) is 0 Å². The first-order valence-electron chi connectivity index (χ1n) is 13.0. The van der Waals surface area contributed by atoms with Crippen LogP contribution in [0, 0.1) is 12.8 Å². The van der Waals surface area contributed by atoms with Crippen molar-refractivity contribution >= 4 is 27.4 Å². The molecule has 7 heteroatoms. The van der Waals surface area contributed by atoms with Crippen LogP contribution in [0.1, 0.15) is 66.2 Å². The molecule has 0 aliphatic carbocycles. The molecule has 0 unspecified atom stereocenters. The molecule has 0 bridgehead atoms. The molecular weight excluding hydrogens is 496 g/mol. The smallest absolute Gasteiger partial charge is 0.227 e. The number of carbonyl (C=O) groups is 2. The van der Waals surface area contributed by atoms with Gasteiger partial charge in [0.15, 0.2) is 5.78 Å². The fraction of sp³-hybridized carbons (Fsp3) is 0.355. The van der Waals surface area contributed by atoms with Crippen molar-refractivity contribution in [1.82, 2.24) is 4.31 Å². The maximum Gasteiger partial charge on any atom is 0.227 e. The molecule has 200 valence electrons. The van der Waals surface area contributed by atoms with Crippen LogP contribution in [-0.2, 0) is 26.0 Å². The Bertz CT molecular complexity index is 1400. The Balaban J connectivity index is 1.34. The monoisotopic (exact) mass is 532 g/mol. The number of hydrogen-bond donors (Lipinski definition) is 1. The third-order valence-electron chi connectivity index (χ3n) is 7.09. The number of ketones is 1. The van der Waals surface area contributed by atoms with E-state index in [0.717, 1.165) is 16.7 Å². The quantitative estimate of drug-likeness (QED) is 0.396. The Morgan fingerprint density at radius 1 is 0.895 bits per heavy atom. The number of hydrogen-bond acceptors (Lipinski definition) is 4. The Morgan fingerprint density at radius 3 is 2.13 bits per heavy atom. The molecule has 1 heterocycles. The fourth-order valence-corrected chi connectivity index (χ4v) is 6.22. The van der Waals surface area contributed by atoms with Crippen LogP contribution in [0.25, 0.3) is 0 Å². The first kappa shape index (κ1) is 27.7. The van der Waals surface area contributed by atoms with E-state index in [4.69, 9.17) is 0 Å². The van der Waals surface area contributed by atoms with Gasteiger partial charge in [0.05, 0.1) is 5.75 Å². The van der Waals surface area contributed by atoms with Gasteiger partial charge >= 0.3 is 0 Å². The van der Waals surface area contributed by atoms with E-state index in [0.29, 0.717) is 42.7 Å². The van der Waals surface area contributed by atoms with Crippen molar-refractivity contribution in [2.24, 2.45) is 5.92 Å². The lowest BCUT2D eigenvalue weighted by atomic mass is 9.86. The van der Waals surface area contributed by atoms with Gasteiger partial charge in [0.25, 0.3) is 0 Å². The van der Waals surface area contributed by atoms with Crippen LogP contribution in [0.2, 0.25) is 0 Å². The van der Waals surface area contributed by atoms with Gasteiger partial charge in [-0.15, -0.1) is 0 Å². The van der Waals surface area contributed by atoms with Crippen molar-refractivity contribution in [3.8, 4) is 0 Å². The number of rotatable bonds is 7. The molecule has 1 N–H and O–H groups in total. The first-order valence-corrected chi connectivity index (χ1v) is 14.6. The van der Waals surface area contributed by atoms with Crippen molar-refractivity contribution < 1.29 is 18.0 Å². The maximum absolute atomic E-state index is 13.0. The highest BCUT2D eigenvalue weighted by Gasteiger charge is 2.31. The number of carbonyl (C=O) groups excluding carboxylic acids is 2. The normalized spacial score (nSPS) is 15.3. The molecule has 6 nitrogen and oxygen atoms in total. The van der Waals surface area contributed by atoms with Crippen LogP contribution in [0.5, 0.6) is 0 Å². The average molecular weight is 533 g/mol. The average Bonchev–Trinajstić information content (AvgIpc) is 2.89. The summed E-state index contributed by atoms with van der Waals surface area (Å²) in [5, 5.41) is 2.93. The molecule has 1 aliphatic heterocycles. The summed E-state index contributed by atoms with van der Waals surface area (Å²) in [6.45, 7) is 8.98. The molecule has 1 aliphatic rings. The highest BCUT2D eigenvalue weighted by atomic mass is 32.2. The van der Waals surface area contributed by atoms with E-state index < -0.39 is 10.0 Å². The van der Waals surface area contributed by atoms with E-state index >= 15 is 0 Å². The lowest BCUT2D eigenvalue weighted by Crippen LogP contribution is -2.41. The van der Waals surface area contributed by atoms with Crippen LogP contribution in [0.3, 0.4) is 0 Å². The van der Waals surface area contributed by atoms with E-state index in [-0.39, 0.29) is 28.8 Å². The summed E-state index contributed by atoms with van der Waals surface area (Å²) < 4.78 is 27.3. The molecule has 1 amide bonds. The van der Waals surface area contributed by atoms with Gasteiger partial charge < -0.3 is 5.32 Å². The third-order valence-corrected chi connectivity index (χ3v) is 8.94. The zero-order valence-electron chi connectivity index (χ0n) is 22.5. The number of nitrogens with zero attached hydrogens (tertiary/aromatic N) is 1. The molecule has 1 fully saturated rings. The summed E-state index contributed by atoms with van der Waals surface area (Å²) in [7, 11) is -3.45. The van der Waals surface area contributed by atoms with Gasteiger partial charge in [-0.2, -0.15) is 0 Å². The summed E-state index contributed by atoms with van der Waals surface area (Å²) in [6, 6.07) is 22.1. The molecule has 0 radical (unpaired) electrons. The van der Waals surface area contributed by atoms with E-state index in [2.05, 4.69) is 26.1 Å². The second-order valence-electron chi connectivity index (χ2n) is 11.1. The van der Waals surface area contributed by atoms with Crippen LogP contribution >= 0.6 is 0 Å². The first-order chi connectivity index (χ1) is 17.9. The Morgan fingerprint density at radius 2 is 1.53 bits per heavy atom. The third kappa shape index (κ3) is 6.77. The summed E-state index contributed by atoms with van der Waals surface area (Å²) in [5.74, 6) is -0.581. The highest BCUT2D eigenvalue weighted by Crippen LogP contribution is 2.25.